The van der Waals surface area contributed by atoms with Gasteiger partial charge in [0.2, 0.25) is 5.95 Å². The molecular weight excluding hydrogens is 320 g/mol. The fourth-order valence-corrected chi connectivity index (χ4v) is 2.90. The average Bonchev–Trinajstić information content (AvgIpc) is 2.66. The van der Waals surface area contributed by atoms with E-state index in [0.717, 1.165) is 30.9 Å². The largest absolute Gasteiger partial charge is 0.370 e. The van der Waals surface area contributed by atoms with E-state index in [2.05, 4.69) is 70.0 Å². The van der Waals surface area contributed by atoms with Gasteiger partial charge in [0.05, 0.1) is 6.04 Å². The SMILES string of the molecule is Cc1cc(NCCCc2ccccc2)nc(NC(C)c2ccccc2)n1. The minimum absolute atomic E-state index is 0.156. The molecule has 2 N–H and O–H groups in total. The van der Waals surface area contributed by atoms with Gasteiger partial charge in [-0.25, -0.2) is 4.98 Å². The van der Waals surface area contributed by atoms with Gasteiger partial charge in [0.15, 0.2) is 0 Å². The molecule has 0 amide bonds. The van der Waals surface area contributed by atoms with E-state index in [-0.39, 0.29) is 6.04 Å². The Labute approximate surface area is 155 Å². The van der Waals surface area contributed by atoms with Gasteiger partial charge in [0.1, 0.15) is 5.82 Å². The first kappa shape index (κ1) is 17.9. The van der Waals surface area contributed by atoms with Crippen LogP contribution in [0.5, 0.6) is 0 Å². The summed E-state index contributed by atoms with van der Waals surface area (Å²) in [5.74, 6) is 1.53. The number of hydrogen-bond donors (Lipinski definition) is 2. The summed E-state index contributed by atoms with van der Waals surface area (Å²) in [7, 11) is 0. The van der Waals surface area contributed by atoms with E-state index in [0.29, 0.717) is 5.95 Å². The highest BCUT2D eigenvalue weighted by atomic mass is 15.2. The van der Waals surface area contributed by atoms with Crippen molar-refractivity contribution in [2.45, 2.75) is 32.7 Å². The standard InChI is InChI=1S/C22H26N4/c1-17-16-21(23-15-9-12-19-10-5-3-6-11-19)26-22(24-17)25-18(2)20-13-7-4-8-14-20/h3-8,10-11,13-14,16,18H,9,12,15H2,1-2H3,(H2,23,24,25,26). The third kappa shape index (κ3) is 5.31. The zero-order chi connectivity index (χ0) is 18.2. The van der Waals surface area contributed by atoms with Crippen molar-refractivity contribution in [3.63, 3.8) is 0 Å². The van der Waals surface area contributed by atoms with E-state index in [1.54, 1.807) is 0 Å². The van der Waals surface area contributed by atoms with Gasteiger partial charge in [0, 0.05) is 18.3 Å². The lowest BCUT2D eigenvalue weighted by Gasteiger charge is -2.15. The van der Waals surface area contributed by atoms with Crippen molar-refractivity contribution in [3.8, 4) is 0 Å². The summed E-state index contributed by atoms with van der Waals surface area (Å²) >= 11 is 0. The predicted molar refractivity (Wildman–Crippen MR) is 109 cm³/mol. The lowest BCUT2D eigenvalue weighted by Crippen LogP contribution is -2.12. The van der Waals surface area contributed by atoms with Crippen LogP contribution in [0.2, 0.25) is 0 Å². The quantitative estimate of drug-likeness (QED) is 0.563. The van der Waals surface area contributed by atoms with Crippen LogP contribution in [0.15, 0.2) is 66.7 Å². The van der Waals surface area contributed by atoms with Gasteiger partial charge >= 0.3 is 0 Å². The number of aryl methyl sites for hydroxylation is 2. The molecule has 3 rings (SSSR count). The van der Waals surface area contributed by atoms with E-state index in [9.17, 15) is 0 Å². The number of nitrogens with zero attached hydrogens (tertiary/aromatic N) is 2. The highest BCUT2D eigenvalue weighted by molar-refractivity contribution is 5.43. The fourth-order valence-electron chi connectivity index (χ4n) is 2.90. The molecule has 1 heterocycles. The van der Waals surface area contributed by atoms with Crippen molar-refractivity contribution in [3.05, 3.63) is 83.6 Å². The van der Waals surface area contributed by atoms with Crippen LogP contribution in [-0.4, -0.2) is 16.5 Å². The molecular formula is C22H26N4. The lowest BCUT2D eigenvalue weighted by molar-refractivity contribution is 0.844. The van der Waals surface area contributed by atoms with Crippen LogP contribution in [0, 0.1) is 6.92 Å². The van der Waals surface area contributed by atoms with Crippen molar-refractivity contribution in [1.82, 2.24) is 9.97 Å². The molecule has 0 aliphatic carbocycles. The molecule has 134 valence electrons. The van der Waals surface area contributed by atoms with Gasteiger partial charge in [-0.15, -0.1) is 0 Å². The van der Waals surface area contributed by atoms with Crippen LogP contribution in [0.3, 0.4) is 0 Å². The molecule has 0 bridgehead atoms. The topological polar surface area (TPSA) is 49.8 Å². The zero-order valence-electron chi connectivity index (χ0n) is 15.4. The summed E-state index contributed by atoms with van der Waals surface area (Å²) in [6.45, 7) is 5.00. The first-order valence-electron chi connectivity index (χ1n) is 9.15. The number of aromatic nitrogens is 2. The Morgan fingerprint density at radius 3 is 2.35 bits per heavy atom. The molecule has 4 heteroatoms. The van der Waals surface area contributed by atoms with Gasteiger partial charge in [-0.1, -0.05) is 60.7 Å². The Hall–Kier alpha value is -2.88. The van der Waals surface area contributed by atoms with Crippen molar-refractivity contribution < 1.29 is 0 Å². The van der Waals surface area contributed by atoms with E-state index in [1.807, 2.05) is 31.2 Å². The molecule has 0 saturated carbocycles. The molecule has 4 nitrogen and oxygen atoms in total. The number of rotatable bonds is 8. The number of hydrogen-bond acceptors (Lipinski definition) is 4. The first-order chi connectivity index (χ1) is 12.7. The van der Waals surface area contributed by atoms with Gasteiger partial charge in [-0.3, -0.25) is 0 Å². The summed E-state index contributed by atoms with van der Waals surface area (Å²) < 4.78 is 0. The summed E-state index contributed by atoms with van der Waals surface area (Å²) in [6.07, 6.45) is 2.13. The fraction of sp³-hybridized carbons (Fsp3) is 0.273. The van der Waals surface area contributed by atoms with Gasteiger partial charge < -0.3 is 10.6 Å². The van der Waals surface area contributed by atoms with Crippen LogP contribution >= 0.6 is 0 Å². The van der Waals surface area contributed by atoms with E-state index >= 15 is 0 Å². The van der Waals surface area contributed by atoms with E-state index in [1.165, 1.54) is 11.1 Å². The smallest absolute Gasteiger partial charge is 0.225 e. The second kappa shape index (κ2) is 8.99. The van der Waals surface area contributed by atoms with Crippen LogP contribution in [0.1, 0.15) is 36.2 Å². The normalized spacial score (nSPS) is 11.8. The molecule has 0 saturated heterocycles. The maximum Gasteiger partial charge on any atom is 0.225 e. The Bertz CT molecular complexity index is 803. The number of anilines is 2. The second-order valence-corrected chi connectivity index (χ2v) is 6.51. The molecule has 3 aromatic rings. The van der Waals surface area contributed by atoms with Crippen LogP contribution in [0.4, 0.5) is 11.8 Å². The molecule has 1 atom stereocenters. The molecule has 0 radical (unpaired) electrons. The Morgan fingerprint density at radius 2 is 1.62 bits per heavy atom. The van der Waals surface area contributed by atoms with Gasteiger partial charge in [-0.2, -0.15) is 4.98 Å². The van der Waals surface area contributed by atoms with Crippen LogP contribution < -0.4 is 10.6 Å². The van der Waals surface area contributed by atoms with Crippen molar-refractivity contribution >= 4 is 11.8 Å². The summed E-state index contributed by atoms with van der Waals surface area (Å²) in [4.78, 5) is 9.12. The first-order valence-corrected chi connectivity index (χ1v) is 9.15. The van der Waals surface area contributed by atoms with E-state index in [4.69, 9.17) is 0 Å². The predicted octanol–water partition coefficient (Wildman–Crippen LogP) is 5.00. The molecule has 0 spiro atoms. The number of nitrogens with one attached hydrogen (secondary N) is 2. The summed E-state index contributed by atoms with van der Waals surface area (Å²) in [6, 6.07) is 23.0. The molecule has 26 heavy (non-hydrogen) atoms. The third-order valence-electron chi connectivity index (χ3n) is 4.29. The molecule has 1 unspecified atom stereocenters. The lowest BCUT2D eigenvalue weighted by atomic mass is 10.1. The van der Waals surface area contributed by atoms with Crippen LogP contribution in [-0.2, 0) is 6.42 Å². The van der Waals surface area contributed by atoms with Crippen molar-refractivity contribution in [1.29, 1.82) is 0 Å². The van der Waals surface area contributed by atoms with Crippen molar-refractivity contribution in [2.75, 3.05) is 17.2 Å². The van der Waals surface area contributed by atoms with Crippen molar-refractivity contribution in [2.24, 2.45) is 0 Å². The zero-order valence-corrected chi connectivity index (χ0v) is 15.4. The average molecular weight is 346 g/mol. The Morgan fingerprint density at radius 1 is 0.923 bits per heavy atom. The van der Waals surface area contributed by atoms with E-state index < -0.39 is 0 Å². The highest BCUT2D eigenvalue weighted by Crippen LogP contribution is 2.18. The molecule has 0 aliphatic rings. The minimum Gasteiger partial charge on any atom is -0.370 e. The maximum atomic E-state index is 4.61. The Kier molecular flexibility index (Phi) is 6.20. The molecule has 0 fully saturated rings. The molecule has 1 aromatic heterocycles. The van der Waals surface area contributed by atoms with Gasteiger partial charge in [0.25, 0.3) is 0 Å². The maximum absolute atomic E-state index is 4.61. The third-order valence-corrected chi connectivity index (χ3v) is 4.29. The molecule has 2 aromatic carbocycles. The number of benzene rings is 2. The summed E-state index contributed by atoms with van der Waals surface area (Å²) in [5.41, 5.74) is 3.54. The molecule has 0 aliphatic heterocycles. The van der Waals surface area contributed by atoms with Crippen LogP contribution in [0.25, 0.3) is 0 Å². The highest BCUT2D eigenvalue weighted by Gasteiger charge is 2.08. The second-order valence-electron chi connectivity index (χ2n) is 6.51. The minimum atomic E-state index is 0.156. The Balaban J connectivity index is 1.55. The monoisotopic (exact) mass is 346 g/mol. The summed E-state index contributed by atoms with van der Waals surface area (Å²) in [5, 5.41) is 6.81. The van der Waals surface area contributed by atoms with Gasteiger partial charge in [-0.05, 0) is 37.8 Å².